The van der Waals surface area contributed by atoms with Crippen LogP contribution in [0.1, 0.15) is 24.8 Å². The molecule has 1 aliphatic rings. The molecule has 106 valence electrons. The van der Waals surface area contributed by atoms with Crippen molar-refractivity contribution in [1.29, 1.82) is 0 Å². The van der Waals surface area contributed by atoms with Crippen molar-refractivity contribution in [1.82, 2.24) is 9.29 Å². The Bertz CT molecular complexity index is 567. The van der Waals surface area contributed by atoms with Gasteiger partial charge >= 0.3 is 5.97 Å². The lowest BCUT2D eigenvalue weighted by molar-refractivity contribution is -0.146. The van der Waals surface area contributed by atoms with Crippen molar-refractivity contribution in [2.75, 3.05) is 13.2 Å². The zero-order valence-electron chi connectivity index (χ0n) is 10.8. The number of aromatic nitrogens is 1. The Labute approximate surface area is 116 Å². The molecular weight excluding hydrogens is 288 g/mol. The lowest BCUT2D eigenvalue weighted by Crippen LogP contribution is -2.41. The van der Waals surface area contributed by atoms with Crippen LogP contribution in [0.15, 0.2) is 10.4 Å². The number of aryl methyl sites for hydroxylation is 1. The highest BCUT2D eigenvalue weighted by atomic mass is 32.2. The van der Waals surface area contributed by atoms with E-state index in [0.717, 1.165) is 11.3 Å². The van der Waals surface area contributed by atoms with Gasteiger partial charge in [0.1, 0.15) is 6.04 Å². The summed E-state index contributed by atoms with van der Waals surface area (Å²) in [7, 11) is -3.64. The number of hydrogen-bond donors (Lipinski definition) is 0. The molecule has 1 aromatic rings. The number of thiazole rings is 1. The van der Waals surface area contributed by atoms with E-state index in [2.05, 4.69) is 4.98 Å². The first kappa shape index (κ1) is 14.4. The summed E-state index contributed by atoms with van der Waals surface area (Å²) in [5.41, 5.74) is 0. The molecule has 0 N–H and O–H groups in total. The summed E-state index contributed by atoms with van der Waals surface area (Å²) in [6, 6.07) is -0.702. The second kappa shape index (κ2) is 5.56. The third-order valence-corrected chi connectivity index (χ3v) is 6.18. The summed E-state index contributed by atoms with van der Waals surface area (Å²) < 4.78 is 31.3. The van der Waals surface area contributed by atoms with Gasteiger partial charge in [-0.15, -0.1) is 11.3 Å². The van der Waals surface area contributed by atoms with Crippen molar-refractivity contribution in [3.8, 4) is 0 Å². The molecule has 1 aromatic heterocycles. The minimum atomic E-state index is -3.64. The number of ether oxygens (including phenoxy) is 1. The van der Waals surface area contributed by atoms with Gasteiger partial charge in [-0.05, 0) is 26.7 Å². The smallest absolute Gasteiger partial charge is 0.324 e. The second-order valence-corrected chi connectivity index (χ2v) is 7.58. The summed E-state index contributed by atoms with van der Waals surface area (Å²) in [6.07, 6.45) is 2.52. The first-order chi connectivity index (χ1) is 8.96. The monoisotopic (exact) mass is 304 g/mol. The maximum Gasteiger partial charge on any atom is 0.324 e. The molecule has 0 amide bonds. The van der Waals surface area contributed by atoms with Crippen LogP contribution in [-0.2, 0) is 19.6 Å². The lowest BCUT2D eigenvalue weighted by Gasteiger charge is -2.21. The summed E-state index contributed by atoms with van der Waals surface area (Å²) in [4.78, 5) is 15.8. The first-order valence-electron chi connectivity index (χ1n) is 6.07. The highest BCUT2D eigenvalue weighted by Crippen LogP contribution is 2.29. The molecule has 1 fully saturated rings. The zero-order valence-corrected chi connectivity index (χ0v) is 12.5. The third kappa shape index (κ3) is 2.80. The Balaban J connectivity index is 2.27. The van der Waals surface area contributed by atoms with E-state index in [1.807, 2.05) is 0 Å². The van der Waals surface area contributed by atoms with E-state index >= 15 is 0 Å². The molecule has 0 saturated carbocycles. The summed E-state index contributed by atoms with van der Waals surface area (Å²) in [5, 5.41) is 0.686. The van der Waals surface area contributed by atoms with Crippen molar-refractivity contribution in [3.05, 3.63) is 11.2 Å². The highest BCUT2D eigenvalue weighted by molar-refractivity contribution is 7.91. The maximum absolute atomic E-state index is 12.5. The number of rotatable bonds is 4. The molecule has 0 spiro atoms. The van der Waals surface area contributed by atoms with Gasteiger partial charge in [0.2, 0.25) is 0 Å². The Morgan fingerprint density at radius 1 is 1.63 bits per heavy atom. The van der Waals surface area contributed by atoms with Crippen molar-refractivity contribution < 1.29 is 17.9 Å². The number of esters is 1. The van der Waals surface area contributed by atoms with E-state index in [4.69, 9.17) is 4.74 Å². The fourth-order valence-electron chi connectivity index (χ4n) is 2.08. The van der Waals surface area contributed by atoms with Crippen molar-refractivity contribution in [2.24, 2.45) is 0 Å². The van der Waals surface area contributed by atoms with Crippen molar-refractivity contribution in [3.63, 3.8) is 0 Å². The molecule has 0 radical (unpaired) electrons. The molecule has 19 heavy (non-hydrogen) atoms. The molecule has 2 heterocycles. The van der Waals surface area contributed by atoms with E-state index in [-0.39, 0.29) is 10.8 Å². The highest BCUT2D eigenvalue weighted by Gasteiger charge is 2.41. The molecule has 1 aliphatic heterocycles. The Kier molecular flexibility index (Phi) is 4.22. The maximum atomic E-state index is 12.5. The molecule has 6 nitrogen and oxygen atoms in total. The Morgan fingerprint density at radius 2 is 2.37 bits per heavy atom. The molecule has 1 atom stereocenters. The summed E-state index contributed by atoms with van der Waals surface area (Å²) >= 11 is 1.12. The van der Waals surface area contributed by atoms with Crippen LogP contribution < -0.4 is 0 Å². The van der Waals surface area contributed by atoms with Gasteiger partial charge in [0.25, 0.3) is 10.0 Å². The van der Waals surface area contributed by atoms with Gasteiger partial charge in [0.05, 0.1) is 17.8 Å². The molecule has 0 aliphatic carbocycles. The van der Waals surface area contributed by atoms with Gasteiger partial charge in [-0.2, -0.15) is 4.31 Å². The van der Waals surface area contributed by atoms with Crippen LogP contribution in [0.2, 0.25) is 0 Å². The fourth-order valence-corrected chi connectivity index (χ4v) is 4.96. The largest absolute Gasteiger partial charge is 0.465 e. The van der Waals surface area contributed by atoms with Crippen LogP contribution in [0.25, 0.3) is 0 Å². The van der Waals surface area contributed by atoms with Gasteiger partial charge in [-0.3, -0.25) is 4.79 Å². The standard InChI is InChI=1S/C11H16N2O4S2/c1-3-17-11(14)9-5-4-6-13(9)19(15,16)10-7-12-8(2)18-10/h7,9H,3-6H2,1-2H3. The summed E-state index contributed by atoms with van der Waals surface area (Å²) in [6.45, 7) is 4.06. The van der Waals surface area contributed by atoms with E-state index in [0.29, 0.717) is 24.4 Å². The lowest BCUT2D eigenvalue weighted by atomic mass is 10.2. The minimum absolute atomic E-state index is 0.182. The van der Waals surface area contributed by atoms with E-state index < -0.39 is 22.0 Å². The Hall–Kier alpha value is -0.990. The van der Waals surface area contributed by atoms with Gasteiger partial charge < -0.3 is 4.74 Å². The van der Waals surface area contributed by atoms with E-state index in [1.165, 1.54) is 10.5 Å². The number of nitrogens with zero attached hydrogens (tertiary/aromatic N) is 2. The molecule has 2 rings (SSSR count). The van der Waals surface area contributed by atoms with Crippen LogP contribution in [-0.4, -0.2) is 42.9 Å². The third-order valence-electron chi connectivity index (χ3n) is 2.93. The summed E-state index contributed by atoms with van der Waals surface area (Å²) in [5.74, 6) is -0.468. The first-order valence-corrected chi connectivity index (χ1v) is 8.33. The molecule has 1 saturated heterocycles. The van der Waals surface area contributed by atoms with Crippen molar-refractivity contribution in [2.45, 2.75) is 36.9 Å². The zero-order chi connectivity index (χ0) is 14.0. The van der Waals surface area contributed by atoms with Crippen LogP contribution in [0.5, 0.6) is 0 Å². The number of carbonyl (C=O) groups excluding carboxylic acids is 1. The predicted molar refractivity (Wildman–Crippen MR) is 70.4 cm³/mol. The van der Waals surface area contributed by atoms with Crippen LogP contribution in [0.4, 0.5) is 0 Å². The Morgan fingerprint density at radius 3 is 2.95 bits per heavy atom. The quantitative estimate of drug-likeness (QED) is 0.780. The van der Waals surface area contributed by atoms with Gasteiger partial charge in [0, 0.05) is 6.54 Å². The topological polar surface area (TPSA) is 76.6 Å². The average molecular weight is 304 g/mol. The van der Waals surface area contributed by atoms with E-state index in [1.54, 1.807) is 13.8 Å². The van der Waals surface area contributed by atoms with Crippen LogP contribution >= 0.6 is 11.3 Å². The van der Waals surface area contributed by atoms with Gasteiger partial charge in [0.15, 0.2) is 4.21 Å². The SMILES string of the molecule is CCOC(=O)C1CCCN1S(=O)(=O)c1cnc(C)s1. The number of sulfonamides is 1. The molecule has 0 aromatic carbocycles. The number of carbonyl (C=O) groups is 1. The normalized spacial score (nSPS) is 20.6. The van der Waals surface area contributed by atoms with Crippen LogP contribution in [0.3, 0.4) is 0 Å². The van der Waals surface area contributed by atoms with Gasteiger partial charge in [-0.25, -0.2) is 13.4 Å². The number of hydrogen-bond acceptors (Lipinski definition) is 6. The van der Waals surface area contributed by atoms with Crippen LogP contribution in [0, 0.1) is 6.92 Å². The van der Waals surface area contributed by atoms with Gasteiger partial charge in [-0.1, -0.05) is 0 Å². The molecule has 1 unspecified atom stereocenters. The second-order valence-electron chi connectivity index (χ2n) is 4.22. The molecular formula is C11H16N2O4S2. The minimum Gasteiger partial charge on any atom is -0.465 e. The molecule has 8 heteroatoms. The predicted octanol–water partition coefficient (Wildman–Crippen LogP) is 1.17. The van der Waals surface area contributed by atoms with Crippen molar-refractivity contribution >= 4 is 27.3 Å². The fraction of sp³-hybridized carbons (Fsp3) is 0.636. The van der Waals surface area contributed by atoms with E-state index in [9.17, 15) is 13.2 Å². The molecule has 0 bridgehead atoms. The average Bonchev–Trinajstić information content (AvgIpc) is 2.97.